The highest BCUT2D eigenvalue weighted by atomic mass is 31.0. The highest BCUT2D eigenvalue weighted by Crippen LogP contribution is 2.38. The summed E-state index contributed by atoms with van der Waals surface area (Å²) < 4.78 is 16.7. The van der Waals surface area contributed by atoms with E-state index in [2.05, 4.69) is 40.6 Å². The monoisotopic (exact) mass is 419 g/mol. The van der Waals surface area contributed by atoms with Gasteiger partial charge in [0.25, 0.3) is 0 Å². The summed E-state index contributed by atoms with van der Waals surface area (Å²) in [6.07, 6.45) is 5.21. The average molecular weight is 420 g/mol. The smallest absolute Gasteiger partial charge is 0.223 e. The third-order valence-corrected chi connectivity index (χ3v) is 6.69. The number of aromatic nitrogens is 2. The molecule has 0 radical (unpaired) electrons. The highest BCUT2D eigenvalue weighted by molar-refractivity contribution is 7.18. The molecule has 1 aromatic carbocycles. The number of carbonyl (C=O) groups excluding carboxylic acids is 1. The molecule has 1 aliphatic rings. The van der Waals surface area contributed by atoms with E-state index < -0.39 is 5.41 Å². The second-order valence-corrected chi connectivity index (χ2v) is 10.8. The number of rotatable bonds is 3. The van der Waals surface area contributed by atoms with E-state index in [1.165, 1.54) is 0 Å². The van der Waals surface area contributed by atoms with Crippen molar-refractivity contribution in [2.45, 2.75) is 83.6 Å². The number of halogens is 1. The molecule has 0 bridgehead atoms. The number of nitrogens with zero attached hydrogens (tertiary/aromatic N) is 3. The fourth-order valence-corrected chi connectivity index (χ4v) is 4.75. The predicted molar refractivity (Wildman–Crippen MR) is 122 cm³/mol. The van der Waals surface area contributed by atoms with Gasteiger partial charge in [0.1, 0.15) is 11.2 Å². The SMILES string of the molecule is CC(=O)N(C)c1ccc2c(c1)nc(C(C)(C)C)n2CC1CCCC(F)(P)CCC1. The summed E-state index contributed by atoms with van der Waals surface area (Å²) in [5, 5.41) is -1.08. The average Bonchev–Trinajstić information content (AvgIpc) is 2.97. The standard InChI is InChI=1S/C23H35FN3OP/c1-16(28)26(5)18-10-11-20-19(14-18)25-21(22(2,3)4)27(20)15-17-8-6-12-23(24,29)13-7-9-17/h10-11,14,17H,6-9,12-13,15,29H2,1-5H3. The van der Waals surface area contributed by atoms with Crippen molar-refractivity contribution in [2.24, 2.45) is 5.92 Å². The number of fused-ring (bicyclic) bond motifs is 1. The van der Waals surface area contributed by atoms with Gasteiger partial charge in [-0.2, -0.15) is 0 Å². The molecule has 6 heteroatoms. The summed E-state index contributed by atoms with van der Waals surface area (Å²) >= 11 is 0. The van der Waals surface area contributed by atoms with Gasteiger partial charge in [-0.1, -0.05) is 30.0 Å². The van der Waals surface area contributed by atoms with Crippen LogP contribution in [0.15, 0.2) is 18.2 Å². The number of carbonyl (C=O) groups is 1. The Balaban J connectivity index is 1.94. The zero-order valence-electron chi connectivity index (χ0n) is 18.5. The molecule has 1 heterocycles. The van der Waals surface area contributed by atoms with Crippen molar-refractivity contribution in [3.63, 3.8) is 0 Å². The van der Waals surface area contributed by atoms with Crippen molar-refractivity contribution in [1.29, 1.82) is 0 Å². The normalized spacial score (nSPS) is 23.6. The molecule has 0 aliphatic heterocycles. The minimum Gasteiger partial charge on any atom is -0.327 e. The van der Waals surface area contributed by atoms with Crippen molar-refractivity contribution in [1.82, 2.24) is 9.55 Å². The van der Waals surface area contributed by atoms with E-state index in [-0.39, 0.29) is 11.3 Å². The Kier molecular flexibility index (Phi) is 6.38. The predicted octanol–water partition coefficient (Wildman–Crippen LogP) is 5.83. The van der Waals surface area contributed by atoms with Gasteiger partial charge in [0, 0.05) is 31.6 Å². The second kappa shape index (κ2) is 8.34. The molecule has 160 valence electrons. The van der Waals surface area contributed by atoms with E-state index in [1.807, 2.05) is 12.1 Å². The molecule has 4 nitrogen and oxygen atoms in total. The van der Waals surface area contributed by atoms with Gasteiger partial charge < -0.3 is 9.47 Å². The minimum atomic E-state index is -1.08. The van der Waals surface area contributed by atoms with Gasteiger partial charge in [0.15, 0.2) is 0 Å². The Morgan fingerprint density at radius 2 is 1.93 bits per heavy atom. The molecule has 1 amide bonds. The molecular formula is C23H35FN3OP. The van der Waals surface area contributed by atoms with Crippen LogP contribution in [0.3, 0.4) is 0 Å². The van der Waals surface area contributed by atoms with Crippen LogP contribution in [0.25, 0.3) is 11.0 Å². The van der Waals surface area contributed by atoms with Crippen LogP contribution in [0.5, 0.6) is 0 Å². The number of hydrogen-bond donors (Lipinski definition) is 0. The molecular weight excluding hydrogens is 384 g/mol. The molecule has 1 unspecified atom stereocenters. The zero-order valence-corrected chi connectivity index (χ0v) is 19.6. The lowest BCUT2D eigenvalue weighted by Crippen LogP contribution is -2.24. The number of imidazole rings is 1. The molecule has 1 aliphatic carbocycles. The molecule has 1 atom stereocenters. The Morgan fingerprint density at radius 3 is 2.48 bits per heavy atom. The zero-order chi connectivity index (χ0) is 21.4. The van der Waals surface area contributed by atoms with E-state index in [0.717, 1.165) is 54.8 Å². The Morgan fingerprint density at radius 1 is 1.31 bits per heavy atom. The van der Waals surface area contributed by atoms with Crippen LogP contribution in [0.2, 0.25) is 0 Å². The molecule has 2 aromatic rings. The topological polar surface area (TPSA) is 38.1 Å². The van der Waals surface area contributed by atoms with Crippen LogP contribution in [0, 0.1) is 5.92 Å². The maximum Gasteiger partial charge on any atom is 0.223 e. The van der Waals surface area contributed by atoms with Crippen LogP contribution < -0.4 is 4.90 Å². The Hall–Kier alpha value is -1.48. The number of hydrogen-bond acceptors (Lipinski definition) is 2. The van der Waals surface area contributed by atoms with Crippen LogP contribution in [-0.2, 0) is 16.8 Å². The molecule has 1 saturated carbocycles. The van der Waals surface area contributed by atoms with Crippen LogP contribution >= 0.6 is 9.24 Å². The fraction of sp³-hybridized carbons (Fsp3) is 0.652. The van der Waals surface area contributed by atoms with E-state index in [1.54, 1.807) is 18.9 Å². The van der Waals surface area contributed by atoms with Crippen molar-refractivity contribution >= 4 is 31.9 Å². The van der Waals surface area contributed by atoms with Gasteiger partial charge in [-0.05, 0) is 62.6 Å². The second-order valence-electron chi connectivity index (χ2n) is 9.73. The first-order valence-electron chi connectivity index (χ1n) is 10.7. The van der Waals surface area contributed by atoms with Gasteiger partial charge in [-0.25, -0.2) is 9.37 Å². The van der Waals surface area contributed by atoms with Crippen molar-refractivity contribution in [3.8, 4) is 0 Å². The quantitative estimate of drug-likeness (QED) is 0.587. The lowest BCUT2D eigenvalue weighted by molar-refractivity contribution is -0.116. The first kappa shape index (κ1) is 22.2. The fourth-order valence-electron chi connectivity index (χ4n) is 4.35. The third kappa shape index (κ3) is 5.17. The van der Waals surface area contributed by atoms with Crippen LogP contribution in [0.1, 0.15) is 72.0 Å². The van der Waals surface area contributed by atoms with Crippen molar-refractivity contribution in [3.05, 3.63) is 24.0 Å². The molecule has 1 aromatic heterocycles. The summed E-state index contributed by atoms with van der Waals surface area (Å²) in [5.74, 6) is 1.62. The number of alkyl halides is 1. The molecule has 0 N–H and O–H groups in total. The van der Waals surface area contributed by atoms with Gasteiger partial charge in [-0.15, -0.1) is 0 Å². The van der Waals surface area contributed by atoms with Crippen LogP contribution in [0.4, 0.5) is 10.1 Å². The van der Waals surface area contributed by atoms with Crippen molar-refractivity contribution in [2.75, 3.05) is 11.9 Å². The first-order chi connectivity index (χ1) is 13.5. The van der Waals surface area contributed by atoms with E-state index in [9.17, 15) is 9.18 Å². The summed E-state index contributed by atoms with van der Waals surface area (Å²) in [4.78, 5) is 18.4. The van der Waals surface area contributed by atoms with E-state index in [0.29, 0.717) is 18.8 Å². The largest absolute Gasteiger partial charge is 0.327 e. The lowest BCUT2D eigenvalue weighted by Gasteiger charge is -2.28. The summed E-state index contributed by atoms with van der Waals surface area (Å²) in [6, 6.07) is 6.09. The molecule has 0 saturated heterocycles. The van der Waals surface area contributed by atoms with Gasteiger partial charge in [-0.3, -0.25) is 4.79 Å². The third-order valence-electron chi connectivity index (χ3n) is 6.11. The van der Waals surface area contributed by atoms with Crippen LogP contribution in [-0.4, -0.2) is 27.9 Å². The maximum atomic E-state index is 14.3. The van der Waals surface area contributed by atoms with E-state index >= 15 is 0 Å². The first-order valence-corrected chi connectivity index (χ1v) is 11.3. The lowest BCUT2D eigenvalue weighted by atomic mass is 9.89. The molecule has 1 fully saturated rings. The van der Waals surface area contributed by atoms with Gasteiger partial charge in [0.2, 0.25) is 5.91 Å². The van der Waals surface area contributed by atoms with Gasteiger partial charge in [0.05, 0.1) is 11.0 Å². The molecule has 3 rings (SSSR count). The summed E-state index contributed by atoms with van der Waals surface area (Å²) in [7, 11) is 4.21. The Bertz CT molecular complexity index is 872. The number of amides is 1. The summed E-state index contributed by atoms with van der Waals surface area (Å²) in [5.41, 5.74) is 2.82. The maximum absolute atomic E-state index is 14.3. The van der Waals surface area contributed by atoms with Crippen molar-refractivity contribution < 1.29 is 9.18 Å². The Labute approximate surface area is 176 Å². The number of anilines is 1. The molecule has 29 heavy (non-hydrogen) atoms. The minimum absolute atomic E-state index is 0.00683. The number of benzene rings is 1. The van der Waals surface area contributed by atoms with Gasteiger partial charge >= 0.3 is 0 Å². The summed E-state index contributed by atoms with van der Waals surface area (Å²) in [6.45, 7) is 9.06. The van der Waals surface area contributed by atoms with E-state index in [4.69, 9.17) is 4.98 Å². The molecule has 0 spiro atoms. The highest BCUT2D eigenvalue weighted by Gasteiger charge is 2.28.